The maximum Gasteiger partial charge on any atom is 0.338 e. The van der Waals surface area contributed by atoms with E-state index < -0.39 is 5.97 Å². The first-order valence-electron chi connectivity index (χ1n) is 5.05. The summed E-state index contributed by atoms with van der Waals surface area (Å²) in [6.07, 6.45) is 1.85. The number of hydrogen-bond acceptors (Lipinski definition) is 3. The van der Waals surface area contributed by atoms with Gasteiger partial charge in [0.25, 0.3) is 0 Å². The van der Waals surface area contributed by atoms with Crippen molar-refractivity contribution in [2.45, 2.75) is 12.8 Å². The van der Waals surface area contributed by atoms with Crippen LogP contribution >= 0.6 is 15.9 Å². The van der Waals surface area contributed by atoms with Crippen molar-refractivity contribution in [1.29, 1.82) is 0 Å². The zero-order chi connectivity index (χ0) is 11.7. The molecule has 0 radical (unpaired) electrons. The van der Waals surface area contributed by atoms with E-state index in [0.29, 0.717) is 11.1 Å². The van der Waals surface area contributed by atoms with Crippen molar-refractivity contribution < 1.29 is 14.3 Å². The quantitative estimate of drug-likeness (QED) is 0.633. The van der Waals surface area contributed by atoms with Gasteiger partial charge in [-0.1, -0.05) is 15.9 Å². The van der Waals surface area contributed by atoms with Gasteiger partial charge in [0.2, 0.25) is 0 Å². The molecule has 0 N–H and O–H groups in total. The summed E-state index contributed by atoms with van der Waals surface area (Å²) in [4.78, 5) is 23.5. The average Bonchev–Trinajstić information content (AvgIpc) is 3.11. The smallest absolute Gasteiger partial charge is 0.338 e. The molecule has 0 unspecified atom stereocenters. The van der Waals surface area contributed by atoms with Gasteiger partial charge in [-0.25, -0.2) is 4.79 Å². The van der Waals surface area contributed by atoms with Gasteiger partial charge in [-0.05, 0) is 31.0 Å². The molecule has 0 atom stereocenters. The minimum atomic E-state index is -0.462. The second-order valence-electron chi connectivity index (χ2n) is 3.82. The lowest BCUT2D eigenvalue weighted by Crippen LogP contribution is -2.11. The normalized spacial score (nSPS) is 14.6. The molecule has 0 saturated heterocycles. The summed E-state index contributed by atoms with van der Waals surface area (Å²) in [5.74, 6) is -0.323. The number of carbonyl (C=O) groups is 2. The van der Waals surface area contributed by atoms with Crippen LogP contribution in [0.5, 0.6) is 0 Å². The first-order chi connectivity index (χ1) is 7.63. The number of ether oxygens (including phenoxy) is 1. The summed E-state index contributed by atoms with van der Waals surface area (Å²) in [5.41, 5.74) is 0.811. The zero-order valence-electron chi connectivity index (χ0n) is 8.83. The third-order valence-corrected chi connectivity index (χ3v) is 3.09. The number of benzene rings is 1. The lowest BCUT2D eigenvalue weighted by atomic mass is 10.0. The van der Waals surface area contributed by atoms with Gasteiger partial charge in [0.15, 0.2) is 5.78 Å². The standard InChI is InChI=1S/C12H11BrO3/c1-16-12(15)9-5-4-8(13)6-10(9)11(14)7-2-3-7/h4-7H,2-3H2,1H3. The fourth-order valence-electron chi connectivity index (χ4n) is 1.57. The van der Waals surface area contributed by atoms with Crippen LogP contribution in [0.15, 0.2) is 22.7 Å². The number of ketones is 1. The Labute approximate surface area is 102 Å². The van der Waals surface area contributed by atoms with E-state index in [1.165, 1.54) is 7.11 Å². The number of hydrogen-bond donors (Lipinski definition) is 0. The summed E-state index contributed by atoms with van der Waals surface area (Å²) in [7, 11) is 1.32. The van der Waals surface area contributed by atoms with Crippen molar-refractivity contribution in [3.8, 4) is 0 Å². The molecule has 0 bridgehead atoms. The van der Waals surface area contributed by atoms with Gasteiger partial charge >= 0.3 is 5.97 Å². The molecule has 16 heavy (non-hydrogen) atoms. The highest BCUT2D eigenvalue weighted by molar-refractivity contribution is 9.10. The van der Waals surface area contributed by atoms with Gasteiger partial charge in [-0.2, -0.15) is 0 Å². The molecule has 2 rings (SSSR count). The molecule has 1 aliphatic rings. The topological polar surface area (TPSA) is 43.4 Å². The first kappa shape index (κ1) is 11.3. The third-order valence-electron chi connectivity index (χ3n) is 2.60. The largest absolute Gasteiger partial charge is 0.465 e. The molecule has 1 aliphatic carbocycles. The van der Waals surface area contributed by atoms with E-state index in [2.05, 4.69) is 20.7 Å². The Morgan fingerprint density at radius 3 is 2.56 bits per heavy atom. The first-order valence-corrected chi connectivity index (χ1v) is 5.85. The fourth-order valence-corrected chi connectivity index (χ4v) is 1.93. The van der Waals surface area contributed by atoms with Crippen molar-refractivity contribution in [1.82, 2.24) is 0 Å². The van der Waals surface area contributed by atoms with Crippen molar-refractivity contribution in [2.75, 3.05) is 7.11 Å². The Kier molecular flexibility index (Phi) is 3.10. The van der Waals surface area contributed by atoms with E-state index in [0.717, 1.165) is 17.3 Å². The Morgan fingerprint density at radius 1 is 1.31 bits per heavy atom. The van der Waals surface area contributed by atoms with Crippen molar-refractivity contribution >= 4 is 27.7 Å². The molecule has 0 amide bonds. The number of rotatable bonds is 3. The van der Waals surface area contributed by atoms with E-state index in [9.17, 15) is 9.59 Å². The lowest BCUT2D eigenvalue weighted by molar-refractivity contribution is 0.0596. The maximum atomic E-state index is 12.0. The van der Waals surface area contributed by atoms with Crippen molar-refractivity contribution in [3.63, 3.8) is 0 Å². The van der Waals surface area contributed by atoms with E-state index in [1.54, 1.807) is 18.2 Å². The van der Waals surface area contributed by atoms with Gasteiger partial charge in [0.1, 0.15) is 0 Å². The van der Waals surface area contributed by atoms with Crippen LogP contribution in [0.25, 0.3) is 0 Å². The van der Waals surface area contributed by atoms with Gasteiger partial charge in [0, 0.05) is 16.0 Å². The second-order valence-corrected chi connectivity index (χ2v) is 4.74. The Bertz CT molecular complexity index is 450. The number of methoxy groups -OCH3 is 1. The van der Waals surface area contributed by atoms with E-state index >= 15 is 0 Å². The summed E-state index contributed by atoms with van der Waals surface area (Å²) >= 11 is 3.30. The molecule has 0 heterocycles. The van der Waals surface area contributed by atoms with Crippen LogP contribution in [-0.2, 0) is 4.74 Å². The van der Waals surface area contributed by atoms with Crippen LogP contribution in [-0.4, -0.2) is 18.9 Å². The molecule has 84 valence electrons. The van der Waals surface area contributed by atoms with Crippen LogP contribution < -0.4 is 0 Å². The Morgan fingerprint density at radius 2 is 2.00 bits per heavy atom. The van der Waals surface area contributed by atoms with E-state index in [4.69, 9.17) is 0 Å². The average molecular weight is 283 g/mol. The molecular formula is C12H11BrO3. The number of halogens is 1. The highest BCUT2D eigenvalue weighted by Gasteiger charge is 2.32. The summed E-state index contributed by atoms with van der Waals surface area (Å²) < 4.78 is 5.46. The Balaban J connectivity index is 2.43. The molecule has 0 spiro atoms. The van der Waals surface area contributed by atoms with Crippen LogP contribution in [0.1, 0.15) is 33.6 Å². The van der Waals surface area contributed by atoms with E-state index in [-0.39, 0.29) is 11.7 Å². The van der Waals surface area contributed by atoms with Crippen molar-refractivity contribution in [3.05, 3.63) is 33.8 Å². The Hall–Kier alpha value is -1.16. The van der Waals surface area contributed by atoms with Gasteiger partial charge in [-0.3, -0.25) is 4.79 Å². The number of esters is 1. The minimum absolute atomic E-state index is 0.0432. The molecule has 1 aromatic rings. The monoisotopic (exact) mass is 282 g/mol. The fraction of sp³-hybridized carbons (Fsp3) is 0.333. The molecule has 0 aromatic heterocycles. The lowest BCUT2D eigenvalue weighted by Gasteiger charge is -2.06. The van der Waals surface area contributed by atoms with Crippen molar-refractivity contribution in [2.24, 2.45) is 5.92 Å². The number of carbonyl (C=O) groups excluding carboxylic acids is 2. The van der Waals surface area contributed by atoms with E-state index in [1.807, 2.05) is 0 Å². The van der Waals surface area contributed by atoms with Gasteiger partial charge in [0.05, 0.1) is 12.7 Å². The molecule has 0 aliphatic heterocycles. The third kappa shape index (κ3) is 2.16. The van der Waals surface area contributed by atoms with Crippen LogP contribution in [0.3, 0.4) is 0 Å². The van der Waals surface area contributed by atoms with Crippen LogP contribution in [0.2, 0.25) is 0 Å². The van der Waals surface area contributed by atoms with Gasteiger partial charge < -0.3 is 4.74 Å². The molecule has 1 saturated carbocycles. The minimum Gasteiger partial charge on any atom is -0.465 e. The summed E-state index contributed by atoms with van der Waals surface area (Å²) in [6.45, 7) is 0. The summed E-state index contributed by atoms with van der Waals surface area (Å²) in [5, 5.41) is 0. The zero-order valence-corrected chi connectivity index (χ0v) is 10.4. The van der Waals surface area contributed by atoms with Crippen LogP contribution in [0, 0.1) is 5.92 Å². The van der Waals surface area contributed by atoms with Gasteiger partial charge in [-0.15, -0.1) is 0 Å². The van der Waals surface area contributed by atoms with Crippen LogP contribution in [0.4, 0.5) is 0 Å². The maximum absolute atomic E-state index is 12.0. The molecule has 3 nitrogen and oxygen atoms in total. The predicted octanol–water partition coefficient (Wildman–Crippen LogP) is 2.83. The molecule has 4 heteroatoms. The highest BCUT2D eigenvalue weighted by atomic mass is 79.9. The number of Topliss-reactive ketones (excluding diaryl/α,β-unsaturated/α-hetero) is 1. The molecule has 1 aromatic carbocycles. The SMILES string of the molecule is COC(=O)c1ccc(Br)cc1C(=O)C1CC1. The highest BCUT2D eigenvalue weighted by Crippen LogP contribution is 2.34. The predicted molar refractivity (Wildman–Crippen MR) is 62.5 cm³/mol. The summed E-state index contributed by atoms with van der Waals surface area (Å²) in [6, 6.07) is 5.04. The molecular weight excluding hydrogens is 272 g/mol. The molecule has 1 fully saturated rings. The second kappa shape index (κ2) is 4.37.